The lowest BCUT2D eigenvalue weighted by Gasteiger charge is -2.20. The van der Waals surface area contributed by atoms with Crippen LogP contribution in [0.1, 0.15) is 19.4 Å². The number of hydrogen-bond donors (Lipinski definition) is 1. The molecular formula is C13H19NO2. The molecular weight excluding hydrogens is 202 g/mol. The minimum Gasteiger partial charge on any atom is -0.449 e. The maximum Gasteiger partial charge on any atom is 0.404 e. The van der Waals surface area contributed by atoms with Gasteiger partial charge in [0.15, 0.2) is 0 Å². The van der Waals surface area contributed by atoms with Crippen molar-refractivity contribution in [2.45, 2.75) is 20.3 Å². The van der Waals surface area contributed by atoms with Crippen molar-refractivity contribution in [2.75, 3.05) is 6.61 Å². The molecule has 0 aliphatic heterocycles. The third-order valence-electron chi connectivity index (χ3n) is 2.72. The third kappa shape index (κ3) is 4.34. The van der Waals surface area contributed by atoms with E-state index in [1.807, 2.05) is 18.2 Å². The Labute approximate surface area is 96.6 Å². The Kier molecular flexibility index (Phi) is 4.83. The van der Waals surface area contributed by atoms with Gasteiger partial charge in [-0.3, -0.25) is 0 Å². The Balaban J connectivity index is 2.54. The second kappa shape index (κ2) is 6.16. The molecule has 0 aromatic heterocycles. The summed E-state index contributed by atoms with van der Waals surface area (Å²) < 4.78 is 4.88. The van der Waals surface area contributed by atoms with Crippen molar-refractivity contribution in [3.8, 4) is 0 Å². The zero-order chi connectivity index (χ0) is 12.0. The van der Waals surface area contributed by atoms with Crippen LogP contribution in [0, 0.1) is 11.8 Å². The van der Waals surface area contributed by atoms with Gasteiger partial charge in [0.2, 0.25) is 0 Å². The van der Waals surface area contributed by atoms with E-state index in [1.165, 1.54) is 5.56 Å². The number of rotatable bonds is 5. The van der Waals surface area contributed by atoms with E-state index >= 15 is 0 Å². The fourth-order valence-electron chi connectivity index (χ4n) is 1.59. The zero-order valence-electron chi connectivity index (χ0n) is 9.85. The van der Waals surface area contributed by atoms with Gasteiger partial charge in [0.25, 0.3) is 0 Å². The van der Waals surface area contributed by atoms with Crippen LogP contribution >= 0.6 is 0 Å². The van der Waals surface area contributed by atoms with Gasteiger partial charge in [0.05, 0.1) is 6.61 Å². The highest BCUT2D eigenvalue weighted by Crippen LogP contribution is 2.17. The number of ether oxygens (including phenoxy) is 1. The first kappa shape index (κ1) is 12.6. The average Bonchev–Trinajstić information content (AvgIpc) is 2.25. The normalized spacial score (nSPS) is 12.4. The first-order chi connectivity index (χ1) is 7.59. The summed E-state index contributed by atoms with van der Waals surface area (Å²) in [6, 6.07) is 10.2. The summed E-state index contributed by atoms with van der Waals surface area (Å²) in [6.45, 7) is 4.64. The van der Waals surface area contributed by atoms with Crippen LogP contribution in [0.3, 0.4) is 0 Å². The lowest BCUT2D eigenvalue weighted by atomic mass is 9.90. The van der Waals surface area contributed by atoms with Crippen LogP contribution in [0.2, 0.25) is 0 Å². The fraction of sp³-hybridized carbons (Fsp3) is 0.462. The van der Waals surface area contributed by atoms with Gasteiger partial charge in [-0.05, 0) is 23.8 Å². The number of amides is 1. The Morgan fingerprint density at radius 1 is 1.31 bits per heavy atom. The molecule has 0 radical (unpaired) electrons. The number of primary amides is 1. The summed E-state index contributed by atoms with van der Waals surface area (Å²) in [5, 5.41) is 0. The molecule has 1 aromatic rings. The summed E-state index contributed by atoms with van der Waals surface area (Å²) in [6.07, 6.45) is 0.213. The molecule has 1 atom stereocenters. The molecule has 0 heterocycles. The van der Waals surface area contributed by atoms with Gasteiger partial charge >= 0.3 is 6.09 Å². The van der Waals surface area contributed by atoms with Gasteiger partial charge in [-0.15, -0.1) is 0 Å². The molecule has 0 bridgehead atoms. The van der Waals surface area contributed by atoms with Crippen molar-refractivity contribution in [1.82, 2.24) is 0 Å². The van der Waals surface area contributed by atoms with E-state index in [9.17, 15) is 4.79 Å². The van der Waals surface area contributed by atoms with Crippen LogP contribution in [0.15, 0.2) is 30.3 Å². The Morgan fingerprint density at radius 3 is 2.44 bits per heavy atom. The van der Waals surface area contributed by atoms with Crippen LogP contribution in [0.5, 0.6) is 0 Å². The molecule has 0 fully saturated rings. The molecule has 3 nitrogen and oxygen atoms in total. The summed E-state index contributed by atoms with van der Waals surface area (Å²) in [4.78, 5) is 10.6. The third-order valence-corrected chi connectivity index (χ3v) is 2.72. The molecule has 0 saturated heterocycles. The van der Waals surface area contributed by atoms with Gasteiger partial charge in [0.1, 0.15) is 0 Å². The minimum absolute atomic E-state index is 0.315. The molecule has 16 heavy (non-hydrogen) atoms. The van der Waals surface area contributed by atoms with Crippen molar-refractivity contribution in [2.24, 2.45) is 17.6 Å². The van der Waals surface area contributed by atoms with E-state index in [4.69, 9.17) is 10.5 Å². The Bertz CT molecular complexity index is 322. The van der Waals surface area contributed by atoms with Crippen LogP contribution < -0.4 is 5.73 Å². The molecule has 1 amide bonds. The van der Waals surface area contributed by atoms with E-state index in [-0.39, 0.29) is 0 Å². The Morgan fingerprint density at radius 2 is 1.94 bits per heavy atom. The molecule has 3 heteroatoms. The van der Waals surface area contributed by atoms with Crippen molar-refractivity contribution in [3.63, 3.8) is 0 Å². The van der Waals surface area contributed by atoms with E-state index in [0.717, 1.165) is 6.42 Å². The van der Waals surface area contributed by atoms with E-state index in [0.29, 0.717) is 18.4 Å². The maximum atomic E-state index is 10.6. The Hall–Kier alpha value is -1.51. The largest absolute Gasteiger partial charge is 0.449 e. The first-order valence-corrected chi connectivity index (χ1v) is 5.55. The van der Waals surface area contributed by atoms with Gasteiger partial charge in [0, 0.05) is 0 Å². The first-order valence-electron chi connectivity index (χ1n) is 5.55. The molecule has 0 spiro atoms. The molecule has 1 aromatic carbocycles. The highest BCUT2D eigenvalue weighted by atomic mass is 16.5. The summed E-state index contributed by atoms with van der Waals surface area (Å²) in [5.74, 6) is 0.773. The van der Waals surface area contributed by atoms with Gasteiger partial charge in [-0.25, -0.2) is 4.79 Å². The fourth-order valence-corrected chi connectivity index (χ4v) is 1.59. The van der Waals surface area contributed by atoms with Crippen LogP contribution in [-0.2, 0) is 11.2 Å². The standard InChI is InChI=1S/C13H19NO2/c1-10(2)12(9-16-13(14)15)8-11-6-4-3-5-7-11/h3-7,10,12H,8-9H2,1-2H3,(H2,14,15). The monoisotopic (exact) mass is 221 g/mol. The highest BCUT2D eigenvalue weighted by molar-refractivity contribution is 5.64. The quantitative estimate of drug-likeness (QED) is 0.830. The second-order valence-electron chi connectivity index (χ2n) is 4.32. The molecule has 0 saturated carbocycles. The van der Waals surface area contributed by atoms with Crippen molar-refractivity contribution in [1.29, 1.82) is 0 Å². The summed E-state index contributed by atoms with van der Waals surface area (Å²) in [7, 11) is 0. The topological polar surface area (TPSA) is 52.3 Å². The molecule has 0 aliphatic rings. The van der Waals surface area contributed by atoms with Crippen LogP contribution in [-0.4, -0.2) is 12.7 Å². The van der Waals surface area contributed by atoms with E-state index in [1.54, 1.807) is 0 Å². The van der Waals surface area contributed by atoms with Gasteiger partial charge in [-0.1, -0.05) is 44.2 Å². The van der Waals surface area contributed by atoms with Crippen LogP contribution in [0.4, 0.5) is 4.79 Å². The minimum atomic E-state index is -0.696. The molecule has 0 aliphatic carbocycles. The smallest absolute Gasteiger partial charge is 0.404 e. The molecule has 1 unspecified atom stereocenters. The maximum absolute atomic E-state index is 10.6. The molecule has 1 rings (SSSR count). The van der Waals surface area contributed by atoms with Crippen molar-refractivity contribution in [3.05, 3.63) is 35.9 Å². The number of carbonyl (C=O) groups is 1. The van der Waals surface area contributed by atoms with E-state index < -0.39 is 6.09 Å². The molecule has 88 valence electrons. The number of hydrogen-bond acceptors (Lipinski definition) is 2. The zero-order valence-corrected chi connectivity index (χ0v) is 9.85. The predicted octanol–water partition coefficient (Wildman–Crippen LogP) is 2.60. The van der Waals surface area contributed by atoms with Gasteiger partial charge < -0.3 is 10.5 Å². The number of benzene rings is 1. The SMILES string of the molecule is CC(C)C(COC(N)=O)Cc1ccccc1. The van der Waals surface area contributed by atoms with Gasteiger partial charge in [-0.2, -0.15) is 0 Å². The summed E-state index contributed by atoms with van der Waals surface area (Å²) in [5.41, 5.74) is 6.23. The average molecular weight is 221 g/mol. The summed E-state index contributed by atoms with van der Waals surface area (Å²) >= 11 is 0. The number of nitrogens with two attached hydrogens (primary N) is 1. The number of carbonyl (C=O) groups excluding carboxylic acids is 1. The van der Waals surface area contributed by atoms with Crippen molar-refractivity contribution < 1.29 is 9.53 Å². The lowest BCUT2D eigenvalue weighted by molar-refractivity contribution is 0.123. The second-order valence-corrected chi connectivity index (χ2v) is 4.32. The lowest BCUT2D eigenvalue weighted by Crippen LogP contribution is -2.23. The van der Waals surface area contributed by atoms with E-state index in [2.05, 4.69) is 26.0 Å². The van der Waals surface area contributed by atoms with Crippen molar-refractivity contribution >= 4 is 6.09 Å². The van der Waals surface area contributed by atoms with Crippen LogP contribution in [0.25, 0.3) is 0 Å². The predicted molar refractivity (Wildman–Crippen MR) is 64.0 cm³/mol. The highest BCUT2D eigenvalue weighted by Gasteiger charge is 2.15. The molecule has 2 N–H and O–H groups in total.